The van der Waals surface area contributed by atoms with Crippen LogP contribution in [0.4, 0.5) is 11.4 Å². The third kappa shape index (κ3) is 3.27. The van der Waals surface area contributed by atoms with Crippen molar-refractivity contribution in [1.82, 2.24) is 5.16 Å². The average molecular weight is 482 g/mol. The van der Waals surface area contributed by atoms with Crippen molar-refractivity contribution >= 4 is 28.1 Å². The van der Waals surface area contributed by atoms with Crippen LogP contribution >= 0.6 is 0 Å². The van der Waals surface area contributed by atoms with Gasteiger partial charge in [-0.15, -0.1) is 0 Å². The summed E-state index contributed by atoms with van der Waals surface area (Å²) in [5, 5.41) is 5.33. The quantitative estimate of drug-likeness (QED) is 0.357. The Morgan fingerprint density at radius 2 is 1.67 bits per heavy atom. The number of aromatic nitrogens is 1. The number of piperidine rings is 1. The van der Waals surface area contributed by atoms with E-state index in [4.69, 9.17) is 14.0 Å². The monoisotopic (exact) mass is 481 g/mol. The van der Waals surface area contributed by atoms with Crippen LogP contribution in [0.2, 0.25) is 0 Å². The molecule has 3 aromatic carbocycles. The van der Waals surface area contributed by atoms with Crippen LogP contribution in [-0.4, -0.2) is 50.1 Å². The molecular formula is C29H27N3O4. The zero-order valence-corrected chi connectivity index (χ0v) is 20.2. The molecule has 0 saturated carbocycles. The zero-order valence-electron chi connectivity index (χ0n) is 20.2. The fourth-order valence-corrected chi connectivity index (χ4v) is 5.88. The summed E-state index contributed by atoms with van der Waals surface area (Å²) in [7, 11) is 2.04. The second-order valence-electron chi connectivity index (χ2n) is 9.84. The lowest BCUT2D eigenvalue weighted by molar-refractivity contribution is -0.169. The Hall–Kier alpha value is -3.68. The predicted molar refractivity (Wildman–Crippen MR) is 138 cm³/mol. The molecule has 1 aliphatic carbocycles. The van der Waals surface area contributed by atoms with Crippen molar-refractivity contribution in [1.29, 1.82) is 0 Å². The maximum absolute atomic E-state index is 13.9. The van der Waals surface area contributed by atoms with Crippen molar-refractivity contribution in [3.05, 3.63) is 77.4 Å². The maximum Gasteiger partial charge on any atom is 0.196 e. The molecule has 1 aromatic heterocycles. The number of ketones is 1. The lowest BCUT2D eigenvalue weighted by Crippen LogP contribution is -2.45. The summed E-state index contributed by atoms with van der Waals surface area (Å²) in [4.78, 5) is 18.4. The fourth-order valence-electron chi connectivity index (χ4n) is 5.88. The average Bonchev–Trinajstić information content (AvgIpc) is 3.56. The van der Waals surface area contributed by atoms with E-state index in [-0.39, 0.29) is 5.78 Å². The molecule has 2 fully saturated rings. The Morgan fingerprint density at radius 1 is 0.972 bits per heavy atom. The number of carbonyl (C=O) groups excluding carboxylic acids is 1. The molecule has 7 heteroatoms. The van der Waals surface area contributed by atoms with Crippen molar-refractivity contribution in [2.45, 2.75) is 25.2 Å². The van der Waals surface area contributed by atoms with E-state index < -0.39 is 5.79 Å². The van der Waals surface area contributed by atoms with Gasteiger partial charge in [0.2, 0.25) is 0 Å². The topological polar surface area (TPSA) is 68.0 Å². The molecule has 4 aromatic rings. The van der Waals surface area contributed by atoms with Crippen LogP contribution in [0.1, 0.15) is 34.3 Å². The number of fused-ring (bicyclic) bond motifs is 2. The minimum Gasteiger partial charge on any atom is -0.370 e. The number of ether oxygens (including phenoxy) is 2. The summed E-state index contributed by atoms with van der Waals surface area (Å²) in [6.07, 6.45) is 1.58. The van der Waals surface area contributed by atoms with Gasteiger partial charge in [0.05, 0.1) is 35.5 Å². The SMILES string of the molecule is CN(Cc1ccccc1)c1cc(N2CCC3(CC2)OCCO3)c2noc3c2c1C(=O)c1ccccc1-3. The number of nitrogens with zero attached hydrogens (tertiary/aromatic N) is 3. The highest BCUT2D eigenvalue weighted by atomic mass is 16.7. The van der Waals surface area contributed by atoms with Gasteiger partial charge in [-0.1, -0.05) is 59.8 Å². The maximum atomic E-state index is 13.9. The van der Waals surface area contributed by atoms with Gasteiger partial charge in [-0.05, 0) is 11.6 Å². The van der Waals surface area contributed by atoms with E-state index in [1.54, 1.807) is 0 Å². The van der Waals surface area contributed by atoms with E-state index in [9.17, 15) is 4.79 Å². The molecule has 7 rings (SSSR count). The second kappa shape index (κ2) is 8.18. The van der Waals surface area contributed by atoms with E-state index in [1.165, 1.54) is 5.56 Å². The fraction of sp³-hybridized carbons (Fsp3) is 0.310. The highest BCUT2D eigenvalue weighted by Gasteiger charge is 2.41. The number of hydrogen-bond acceptors (Lipinski definition) is 7. The van der Waals surface area contributed by atoms with Gasteiger partial charge >= 0.3 is 0 Å². The smallest absolute Gasteiger partial charge is 0.196 e. The number of benzene rings is 3. The lowest BCUT2D eigenvalue weighted by atomic mass is 9.86. The summed E-state index contributed by atoms with van der Waals surface area (Å²) in [6.45, 7) is 3.55. The highest BCUT2D eigenvalue weighted by Crippen LogP contribution is 2.47. The lowest BCUT2D eigenvalue weighted by Gasteiger charge is -2.39. The molecule has 0 radical (unpaired) electrons. The third-order valence-electron chi connectivity index (χ3n) is 7.71. The predicted octanol–water partition coefficient (Wildman–Crippen LogP) is 5.02. The van der Waals surface area contributed by atoms with Gasteiger partial charge in [0.15, 0.2) is 17.3 Å². The molecule has 0 N–H and O–H groups in total. The van der Waals surface area contributed by atoms with E-state index in [2.05, 4.69) is 33.2 Å². The molecule has 3 heterocycles. The zero-order chi connectivity index (χ0) is 24.3. The molecule has 7 nitrogen and oxygen atoms in total. The largest absolute Gasteiger partial charge is 0.370 e. The Morgan fingerprint density at radius 3 is 2.42 bits per heavy atom. The summed E-state index contributed by atoms with van der Waals surface area (Å²) in [5.41, 5.74) is 5.91. The normalized spacial score (nSPS) is 18.1. The Bertz CT molecular complexity index is 1460. The van der Waals surface area contributed by atoms with Crippen molar-refractivity contribution in [3.63, 3.8) is 0 Å². The van der Waals surface area contributed by atoms with E-state index >= 15 is 0 Å². The standard InChI is InChI=1S/C29H27N3O4/c1-31(18-19-7-3-2-4-8-19)22-17-23(32-13-11-29(12-14-32)34-15-16-35-29)26-25-24(22)27(33)20-9-5-6-10-21(20)28(25)36-30-26/h2-10,17H,11-16,18H2,1H3. The Balaban J connectivity index is 1.37. The molecule has 182 valence electrons. The summed E-state index contributed by atoms with van der Waals surface area (Å²) in [6, 6.07) is 20.1. The summed E-state index contributed by atoms with van der Waals surface area (Å²) < 4.78 is 17.8. The van der Waals surface area contributed by atoms with Gasteiger partial charge in [0, 0.05) is 50.7 Å². The van der Waals surface area contributed by atoms with Crippen LogP contribution in [0.25, 0.3) is 22.2 Å². The molecule has 1 spiro atoms. The van der Waals surface area contributed by atoms with Gasteiger partial charge in [-0.3, -0.25) is 4.79 Å². The summed E-state index contributed by atoms with van der Waals surface area (Å²) >= 11 is 0. The molecular weight excluding hydrogens is 454 g/mol. The van der Waals surface area contributed by atoms with Crippen molar-refractivity contribution in [2.24, 2.45) is 0 Å². The van der Waals surface area contributed by atoms with Crippen molar-refractivity contribution in [3.8, 4) is 11.3 Å². The van der Waals surface area contributed by atoms with Gasteiger partial charge in [-0.25, -0.2) is 0 Å². The Kier molecular flexibility index (Phi) is 4.91. The van der Waals surface area contributed by atoms with Crippen LogP contribution in [0.15, 0.2) is 65.2 Å². The minimum atomic E-state index is -0.461. The molecule has 2 aliphatic heterocycles. The van der Waals surface area contributed by atoms with Gasteiger partial charge in [0.25, 0.3) is 0 Å². The highest BCUT2D eigenvalue weighted by molar-refractivity contribution is 6.28. The van der Waals surface area contributed by atoms with Crippen molar-refractivity contribution in [2.75, 3.05) is 43.2 Å². The molecule has 0 amide bonds. The van der Waals surface area contributed by atoms with Crippen LogP contribution in [0.5, 0.6) is 0 Å². The molecule has 0 unspecified atom stereocenters. The summed E-state index contributed by atoms with van der Waals surface area (Å²) in [5.74, 6) is 0.220. The molecule has 36 heavy (non-hydrogen) atoms. The first-order chi connectivity index (χ1) is 17.6. The first-order valence-electron chi connectivity index (χ1n) is 12.5. The molecule has 0 atom stereocenters. The minimum absolute atomic E-state index is 0.0121. The first kappa shape index (κ1) is 21.6. The molecule has 0 bridgehead atoms. The Labute approximate surface area is 209 Å². The van der Waals surface area contributed by atoms with Gasteiger partial charge in [-0.2, -0.15) is 0 Å². The second-order valence-corrected chi connectivity index (χ2v) is 9.84. The van der Waals surface area contributed by atoms with Gasteiger partial charge in [0.1, 0.15) is 5.52 Å². The number of hydrogen-bond donors (Lipinski definition) is 0. The number of rotatable bonds is 4. The van der Waals surface area contributed by atoms with Crippen LogP contribution < -0.4 is 9.80 Å². The van der Waals surface area contributed by atoms with Crippen LogP contribution in [0.3, 0.4) is 0 Å². The first-order valence-corrected chi connectivity index (χ1v) is 12.5. The van der Waals surface area contributed by atoms with E-state index in [1.807, 2.05) is 49.5 Å². The van der Waals surface area contributed by atoms with E-state index in [0.717, 1.165) is 53.8 Å². The number of anilines is 2. The number of carbonyl (C=O) groups is 1. The molecule has 3 aliphatic rings. The van der Waals surface area contributed by atoms with Crippen molar-refractivity contribution < 1.29 is 18.8 Å². The third-order valence-corrected chi connectivity index (χ3v) is 7.71. The molecule has 2 saturated heterocycles. The van der Waals surface area contributed by atoms with Crippen LogP contribution in [0, 0.1) is 0 Å². The van der Waals surface area contributed by atoms with E-state index in [0.29, 0.717) is 36.6 Å². The van der Waals surface area contributed by atoms with Crippen LogP contribution in [-0.2, 0) is 16.0 Å². The van der Waals surface area contributed by atoms with Gasteiger partial charge < -0.3 is 23.8 Å².